The van der Waals surface area contributed by atoms with Crippen LogP contribution in [0, 0.1) is 17.3 Å². The molecular weight excluding hydrogens is 687 g/mol. The minimum Gasteiger partial charge on any atom is -0.466 e. The number of ether oxygens (including phenoxy) is 2. The van der Waals surface area contributed by atoms with Gasteiger partial charge >= 0.3 is 12.1 Å². The van der Waals surface area contributed by atoms with Crippen LogP contribution < -0.4 is 4.72 Å². The molecule has 5 aliphatic rings. The minimum absolute atomic E-state index is 0.0167. The lowest BCUT2D eigenvalue weighted by Crippen LogP contribution is -2.46. The number of Topliss-reactive ketones (excluding diaryl/α,β-unsaturated/α-hetero) is 1. The van der Waals surface area contributed by atoms with Crippen molar-refractivity contribution in [3.63, 3.8) is 0 Å². The van der Waals surface area contributed by atoms with Gasteiger partial charge in [-0.05, 0) is 67.6 Å². The molecule has 0 radical (unpaired) electrons. The average Bonchev–Trinajstić information content (AvgIpc) is 4.01. The summed E-state index contributed by atoms with van der Waals surface area (Å²) in [6.07, 6.45) is 8.03. The molecule has 1 N–H and O–H groups in total. The van der Waals surface area contributed by atoms with E-state index in [1.165, 1.54) is 10.5 Å². The van der Waals surface area contributed by atoms with Crippen LogP contribution >= 0.6 is 0 Å². The molecule has 13 heteroatoms. The Morgan fingerprint density at radius 3 is 2.48 bits per heavy atom. The van der Waals surface area contributed by atoms with Gasteiger partial charge < -0.3 is 14.4 Å². The molecule has 0 unspecified atom stereocenters. The zero-order valence-electron chi connectivity index (χ0n) is 30.7. The van der Waals surface area contributed by atoms with Crippen LogP contribution in [-0.2, 0) is 58.2 Å². The average molecular weight is 742 g/mol. The zero-order chi connectivity index (χ0) is 37.0. The number of nitrogens with one attached hydrogen (secondary N) is 1. The van der Waals surface area contributed by atoms with E-state index in [0.717, 1.165) is 56.1 Å². The number of sulfonamides is 1. The number of aryl methyl sites for hydroxylation is 1. The van der Waals surface area contributed by atoms with E-state index < -0.39 is 56.7 Å². The summed E-state index contributed by atoms with van der Waals surface area (Å²) in [6, 6.07) is 5.19. The molecule has 1 saturated heterocycles. The minimum atomic E-state index is -3.81. The van der Waals surface area contributed by atoms with Crippen molar-refractivity contribution in [2.75, 3.05) is 13.2 Å². The summed E-state index contributed by atoms with van der Waals surface area (Å²) < 4.78 is 39.3. The van der Waals surface area contributed by atoms with E-state index in [-0.39, 0.29) is 50.0 Å². The van der Waals surface area contributed by atoms with Crippen LogP contribution in [-0.4, -0.2) is 78.4 Å². The van der Waals surface area contributed by atoms with Crippen LogP contribution in [0.5, 0.6) is 0 Å². The number of hydrogen-bond donors (Lipinski definition) is 1. The maximum Gasteiger partial charge on any atom is 0.410 e. The molecule has 3 heterocycles. The molecule has 0 aromatic heterocycles. The molecule has 3 amide bonds. The molecule has 2 aliphatic carbocycles. The molecule has 52 heavy (non-hydrogen) atoms. The van der Waals surface area contributed by atoms with E-state index in [2.05, 4.69) is 10.8 Å². The Labute approximate surface area is 307 Å². The monoisotopic (exact) mass is 741 g/mol. The van der Waals surface area contributed by atoms with Crippen molar-refractivity contribution >= 4 is 39.7 Å². The van der Waals surface area contributed by atoms with Gasteiger partial charge in [0.25, 0.3) is 0 Å². The highest BCUT2D eigenvalue weighted by molar-refractivity contribution is 7.90. The number of hydrogen-bond acceptors (Lipinski definition) is 9. The maximum absolute atomic E-state index is 14.4. The number of benzene rings is 1. The highest BCUT2D eigenvalue weighted by Crippen LogP contribution is 2.58. The van der Waals surface area contributed by atoms with E-state index in [1.807, 2.05) is 26.0 Å². The van der Waals surface area contributed by atoms with Crippen LogP contribution in [0.1, 0.15) is 127 Å². The summed E-state index contributed by atoms with van der Waals surface area (Å²) in [4.78, 5) is 72.0. The maximum atomic E-state index is 14.4. The largest absolute Gasteiger partial charge is 0.466 e. The fourth-order valence-electron chi connectivity index (χ4n) is 8.51. The number of rotatable bonds is 10. The summed E-state index contributed by atoms with van der Waals surface area (Å²) >= 11 is 0. The van der Waals surface area contributed by atoms with Gasteiger partial charge in [-0.2, -0.15) is 0 Å². The van der Waals surface area contributed by atoms with Gasteiger partial charge in [-0.15, -0.1) is 0 Å². The highest BCUT2D eigenvalue weighted by atomic mass is 32.2. The molecule has 1 aromatic rings. The number of unbranched alkanes of at least 4 members (excludes halogenated alkanes) is 1. The van der Waals surface area contributed by atoms with Crippen molar-refractivity contribution < 1.29 is 41.9 Å². The first-order valence-corrected chi connectivity index (χ1v) is 21.1. The van der Waals surface area contributed by atoms with Crippen molar-refractivity contribution in [2.24, 2.45) is 17.3 Å². The molecule has 6 rings (SSSR count). The predicted octanol–water partition coefficient (Wildman–Crippen LogP) is 5.34. The van der Waals surface area contributed by atoms with E-state index in [9.17, 15) is 32.4 Å². The fourth-order valence-corrected chi connectivity index (χ4v) is 9.89. The number of esters is 1. The van der Waals surface area contributed by atoms with Crippen molar-refractivity contribution in [1.82, 2.24) is 14.5 Å². The van der Waals surface area contributed by atoms with E-state index in [0.29, 0.717) is 51.6 Å². The van der Waals surface area contributed by atoms with Gasteiger partial charge in [-0.3, -0.25) is 28.8 Å². The fraction of sp³-hybridized carbons (Fsp3) is 0.718. The quantitative estimate of drug-likeness (QED) is 0.313. The first-order valence-electron chi connectivity index (χ1n) is 19.6. The molecule has 3 fully saturated rings. The van der Waals surface area contributed by atoms with Crippen LogP contribution in [0.4, 0.5) is 4.79 Å². The van der Waals surface area contributed by atoms with Crippen LogP contribution in [0.3, 0.4) is 0 Å². The van der Waals surface area contributed by atoms with Crippen molar-refractivity contribution in [3.8, 4) is 0 Å². The standard InChI is InChI=1S/C39H55N3O9S/c1-3-5-12-27-19-35(44)50-18-10-8-6-7-9-13-26-14-11-15-28-23-41(25-32(26)28)38(47)51-30-20-33(42(24-30)36(27)45)34(43)22-39(21-29(39)4-2)37(46)40-52(48,49)31-16-17-31/h11,14-15,27,29-31,33H,3-10,12-13,16-25H2,1-2H3,(H,40,46)/t27-,29-,30-,33+,39-/m1/s1. The lowest BCUT2D eigenvalue weighted by Gasteiger charge is -2.29. The molecular formula is C39H55N3O9S. The number of carbonyl (C=O) groups excluding carboxylic acids is 5. The summed E-state index contributed by atoms with van der Waals surface area (Å²) in [5.41, 5.74) is 2.29. The normalized spacial score (nSPS) is 28.8. The van der Waals surface area contributed by atoms with Crippen molar-refractivity contribution in [1.29, 1.82) is 0 Å². The number of ketones is 1. The molecule has 12 nitrogen and oxygen atoms in total. The first kappa shape index (κ1) is 38.3. The summed E-state index contributed by atoms with van der Waals surface area (Å²) in [6.45, 7) is 5.03. The summed E-state index contributed by atoms with van der Waals surface area (Å²) in [5.74, 6) is -2.74. The molecule has 5 atom stereocenters. The number of nitrogens with zero attached hydrogens (tertiary/aromatic N) is 2. The molecule has 1 aromatic carbocycles. The van der Waals surface area contributed by atoms with Crippen LogP contribution in [0.25, 0.3) is 0 Å². The SMILES string of the molecule is CCCC[C@@H]1CC(=O)OCCCCCCCc2cccc3c2CN(C3)C(=O)O[C@@H]2C[C@@H](C(=O)C[C@]3(C(=O)NS(=O)(=O)C4CC4)C[C@H]3CC)N(C2)C1=O. The third-order valence-corrected chi connectivity index (χ3v) is 13.7. The third kappa shape index (κ3) is 8.66. The summed E-state index contributed by atoms with van der Waals surface area (Å²) in [7, 11) is -3.81. The van der Waals surface area contributed by atoms with Gasteiger partial charge in [-0.1, -0.05) is 70.6 Å². The van der Waals surface area contributed by atoms with Crippen LogP contribution in [0.2, 0.25) is 0 Å². The highest BCUT2D eigenvalue weighted by Gasteiger charge is 2.61. The lowest BCUT2D eigenvalue weighted by atomic mass is 9.90. The third-order valence-electron chi connectivity index (χ3n) is 11.9. The number of amides is 3. The van der Waals surface area contributed by atoms with Gasteiger partial charge in [0.05, 0.1) is 36.3 Å². The number of fused-ring (bicyclic) bond motifs is 3. The Kier molecular flexibility index (Phi) is 12.0. The Morgan fingerprint density at radius 1 is 1.00 bits per heavy atom. The van der Waals surface area contributed by atoms with E-state index >= 15 is 0 Å². The van der Waals surface area contributed by atoms with Gasteiger partial charge in [-0.25, -0.2) is 13.2 Å². The summed E-state index contributed by atoms with van der Waals surface area (Å²) in [5, 5.41) is -0.583. The van der Waals surface area contributed by atoms with Crippen molar-refractivity contribution in [2.45, 2.75) is 147 Å². The van der Waals surface area contributed by atoms with Gasteiger partial charge in [0.1, 0.15) is 6.10 Å². The molecule has 286 valence electrons. The second kappa shape index (κ2) is 16.3. The van der Waals surface area contributed by atoms with Gasteiger partial charge in [0.15, 0.2) is 5.78 Å². The first-order chi connectivity index (χ1) is 25.0. The topological polar surface area (TPSA) is 156 Å². The number of cyclic esters (lactones) is 1. The predicted molar refractivity (Wildman–Crippen MR) is 192 cm³/mol. The second-order valence-corrected chi connectivity index (χ2v) is 17.7. The Hall–Kier alpha value is -3.48. The van der Waals surface area contributed by atoms with Gasteiger partial charge in [0.2, 0.25) is 21.8 Å². The van der Waals surface area contributed by atoms with E-state index in [4.69, 9.17) is 9.47 Å². The Morgan fingerprint density at radius 2 is 1.75 bits per heavy atom. The zero-order valence-corrected chi connectivity index (χ0v) is 31.6. The van der Waals surface area contributed by atoms with Crippen LogP contribution in [0.15, 0.2) is 18.2 Å². The molecule has 0 spiro atoms. The van der Waals surface area contributed by atoms with Gasteiger partial charge in [0, 0.05) is 31.8 Å². The Bertz CT molecular complexity index is 1640. The molecule has 3 aliphatic heterocycles. The second-order valence-electron chi connectivity index (χ2n) is 15.7. The lowest BCUT2D eigenvalue weighted by molar-refractivity contribution is -0.150. The number of carbonyl (C=O) groups is 5. The smallest absolute Gasteiger partial charge is 0.410 e. The molecule has 2 saturated carbocycles. The molecule has 4 bridgehead atoms. The van der Waals surface area contributed by atoms with Crippen molar-refractivity contribution in [3.05, 3.63) is 34.9 Å². The van der Waals surface area contributed by atoms with E-state index in [1.54, 1.807) is 4.90 Å². The Balaban J connectivity index is 1.24.